The van der Waals surface area contributed by atoms with E-state index in [0.29, 0.717) is 10.9 Å². The van der Waals surface area contributed by atoms with Gasteiger partial charge in [-0.1, -0.05) is 48.0 Å². The van der Waals surface area contributed by atoms with Gasteiger partial charge in [-0.3, -0.25) is 14.4 Å². The summed E-state index contributed by atoms with van der Waals surface area (Å²) in [5.74, 6) is -1.86. The van der Waals surface area contributed by atoms with Crippen LogP contribution in [0.1, 0.15) is 40.9 Å². The Morgan fingerprint density at radius 3 is 2.50 bits per heavy atom. The summed E-state index contributed by atoms with van der Waals surface area (Å²) in [6, 6.07) is 14.1. The van der Waals surface area contributed by atoms with Gasteiger partial charge in [-0.05, 0) is 25.5 Å². The third-order valence-electron chi connectivity index (χ3n) is 4.50. The summed E-state index contributed by atoms with van der Waals surface area (Å²) in [6.45, 7) is 3.92. The monoisotopic (exact) mass is 378 g/mol. The maximum atomic E-state index is 12.7. The summed E-state index contributed by atoms with van der Waals surface area (Å²) in [5.41, 5.74) is 2.87. The van der Waals surface area contributed by atoms with Crippen molar-refractivity contribution in [3.05, 3.63) is 71.4 Å². The number of carbonyl (C=O) groups is 3. The number of rotatable bonds is 7. The standard InChI is InChI=1S/C22H22N2O4/c1-3-28-20(25)12-19(15-10-8-14(2)9-11-15)24-22(27)21(26)17-13-23-18-7-5-4-6-16(17)18/h4-11,13,19,23H,3,12H2,1-2H3,(H,24,27)/t19-/m0/s1. The SMILES string of the molecule is CCOC(=O)C[C@H](NC(=O)C(=O)c1c[nH]c2ccccc12)c1ccc(C)cc1. The minimum Gasteiger partial charge on any atom is -0.466 e. The molecule has 1 aromatic heterocycles. The number of fused-ring (bicyclic) bond motifs is 1. The van der Waals surface area contributed by atoms with Crippen LogP contribution in [-0.4, -0.2) is 29.3 Å². The maximum absolute atomic E-state index is 12.7. The fraction of sp³-hybridized carbons (Fsp3) is 0.227. The highest BCUT2D eigenvalue weighted by Crippen LogP contribution is 2.21. The lowest BCUT2D eigenvalue weighted by Gasteiger charge is -2.18. The number of aromatic amines is 1. The fourth-order valence-electron chi connectivity index (χ4n) is 3.04. The number of hydrogen-bond donors (Lipinski definition) is 2. The van der Waals surface area contributed by atoms with Crippen molar-refractivity contribution in [2.75, 3.05) is 6.61 Å². The zero-order chi connectivity index (χ0) is 20.1. The number of para-hydroxylation sites is 1. The molecule has 0 bridgehead atoms. The summed E-state index contributed by atoms with van der Waals surface area (Å²) >= 11 is 0. The second-order valence-electron chi connectivity index (χ2n) is 6.52. The molecule has 3 rings (SSSR count). The Bertz CT molecular complexity index is 1000. The Balaban J connectivity index is 1.82. The third kappa shape index (κ3) is 4.28. The molecule has 0 aliphatic carbocycles. The van der Waals surface area contributed by atoms with E-state index in [1.807, 2.05) is 43.3 Å². The van der Waals surface area contributed by atoms with Crippen LogP contribution in [0.15, 0.2) is 54.7 Å². The Hall–Kier alpha value is -3.41. The molecule has 1 amide bonds. The van der Waals surface area contributed by atoms with E-state index in [9.17, 15) is 14.4 Å². The summed E-state index contributed by atoms with van der Waals surface area (Å²) in [5, 5.41) is 3.37. The van der Waals surface area contributed by atoms with Crippen LogP contribution in [0.5, 0.6) is 0 Å². The minimum absolute atomic E-state index is 0.0518. The number of hydrogen-bond acceptors (Lipinski definition) is 4. The van der Waals surface area contributed by atoms with Gasteiger partial charge in [-0.2, -0.15) is 0 Å². The summed E-state index contributed by atoms with van der Waals surface area (Å²) in [7, 11) is 0. The molecule has 0 spiro atoms. The molecule has 3 aromatic rings. The summed E-state index contributed by atoms with van der Waals surface area (Å²) in [6.07, 6.45) is 1.47. The van der Waals surface area contributed by atoms with E-state index in [0.717, 1.165) is 16.6 Å². The molecular weight excluding hydrogens is 356 g/mol. The molecule has 1 atom stereocenters. The van der Waals surface area contributed by atoms with E-state index in [4.69, 9.17) is 4.74 Å². The predicted octanol–water partition coefficient (Wildman–Crippen LogP) is 3.47. The normalized spacial score (nSPS) is 11.8. The zero-order valence-corrected chi connectivity index (χ0v) is 15.8. The van der Waals surface area contributed by atoms with Crippen molar-refractivity contribution in [3.63, 3.8) is 0 Å². The Kier molecular flexibility index (Phi) is 5.89. The van der Waals surface area contributed by atoms with Crippen LogP contribution < -0.4 is 5.32 Å². The minimum atomic E-state index is -0.764. The van der Waals surface area contributed by atoms with Gasteiger partial charge in [0.1, 0.15) is 0 Å². The topological polar surface area (TPSA) is 88.3 Å². The highest BCUT2D eigenvalue weighted by Gasteiger charge is 2.25. The molecule has 0 saturated carbocycles. The quantitative estimate of drug-likeness (QED) is 0.374. The van der Waals surface area contributed by atoms with E-state index < -0.39 is 23.7 Å². The molecule has 0 fully saturated rings. The van der Waals surface area contributed by atoms with E-state index in [1.54, 1.807) is 19.1 Å². The molecule has 0 aliphatic heterocycles. The summed E-state index contributed by atoms with van der Waals surface area (Å²) in [4.78, 5) is 40.3. The highest BCUT2D eigenvalue weighted by molar-refractivity contribution is 6.45. The van der Waals surface area contributed by atoms with Gasteiger partial charge in [0.25, 0.3) is 11.7 Å². The number of ketones is 1. The average Bonchev–Trinajstić information content (AvgIpc) is 3.11. The number of nitrogens with one attached hydrogen (secondary N) is 2. The van der Waals surface area contributed by atoms with Gasteiger partial charge in [-0.15, -0.1) is 0 Å². The van der Waals surface area contributed by atoms with Crippen LogP contribution in [0.2, 0.25) is 0 Å². The lowest BCUT2D eigenvalue weighted by molar-refractivity contribution is -0.143. The Morgan fingerprint density at radius 2 is 1.79 bits per heavy atom. The van der Waals surface area contributed by atoms with Gasteiger partial charge in [-0.25, -0.2) is 0 Å². The van der Waals surface area contributed by atoms with Crippen LogP contribution in [0.4, 0.5) is 0 Å². The lowest BCUT2D eigenvalue weighted by atomic mass is 10.0. The van der Waals surface area contributed by atoms with Crippen molar-refractivity contribution in [3.8, 4) is 0 Å². The van der Waals surface area contributed by atoms with E-state index in [2.05, 4.69) is 10.3 Å². The highest BCUT2D eigenvalue weighted by atomic mass is 16.5. The maximum Gasteiger partial charge on any atom is 0.308 e. The molecule has 0 radical (unpaired) electrons. The number of ether oxygens (including phenoxy) is 1. The molecule has 28 heavy (non-hydrogen) atoms. The molecule has 144 valence electrons. The number of carbonyl (C=O) groups excluding carboxylic acids is 3. The number of H-pyrrole nitrogens is 1. The number of Topliss-reactive ketones (excluding diaryl/α,β-unsaturated/α-hetero) is 1. The molecule has 0 saturated heterocycles. The van der Waals surface area contributed by atoms with Gasteiger partial charge in [0.05, 0.1) is 24.6 Å². The first-order chi connectivity index (χ1) is 13.5. The van der Waals surface area contributed by atoms with Gasteiger partial charge >= 0.3 is 5.97 Å². The number of aromatic nitrogens is 1. The van der Waals surface area contributed by atoms with Gasteiger partial charge in [0, 0.05) is 17.1 Å². The first-order valence-corrected chi connectivity index (χ1v) is 9.13. The van der Waals surface area contributed by atoms with Crippen molar-refractivity contribution in [2.24, 2.45) is 0 Å². The van der Waals surface area contributed by atoms with Crippen molar-refractivity contribution in [1.29, 1.82) is 0 Å². The van der Waals surface area contributed by atoms with Crippen LogP contribution in [-0.2, 0) is 14.3 Å². The molecule has 0 unspecified atom stereocenters. The van der Waals surface area contributed by atoms with E-state index >= 15 is 0 Å². The van der Waals surface area contributed by atoms with Crippen LogP contribution >= 0.6 is 0 Å². The zero-order valence-electron chi connectivity index (χ0n) is 15.8. The number of esters is 1. The smallest absolute Gasteiger partial charge is 0.308 e. The van der Waals surface area contributed by atoms with Crippen LogP contribution in [0.25, 0.3) is 10.9 Å². The summed E-state index contributed by atoms with van der Waals surface area (Å²) < 4.78 is 5.01. The van der Waals surface area contributed by atoms with E-state index in [1.165, 1.54) is 6.20 Å². The van der Waals surface area contributed by atoms with Gasteiger partial charge in [0.15, 0.2) is 0 Å². The average molecular weight is 378 g/mol. The second kappa shape index (κ2) is 8.52. The molecule has 6 heteroatoms. The first kappa shape index (κ1) is 19.4. The first-order valence-electron chi connectivity index (χ1n) is 9.13. The molecular formula is C22H22N2O4. The van der Waals surface area contributed by atoms with Crippen molar-refractivity contribution >= 4 is 28.6 Å². The Labute approximate surface area is 162 Å². The molecule has 2 aromatic carbocycles. The van der Waals surface area contributed by atoms with Gasteiger partial charge < -0.3 is 15.0 Å². The van der Waals surface area contributed by atoms with Crippen LogP contribution in [0, 0.1) is 6.92 Å². The molecule has 0 aliphatic rings. The van der Waals surface area contributed by atoms with E-state index in [-0.39, 0.29) is 13.0 Å². The van der Waals surface area contributed by atoms with Crippen molar-refractivity contribution < 1.29 is 19.1 Å². The van der Waals surface area contributed by atoms with Crippen LogP contribution in [0.3, 0.4) is 0 Å². The number of aryl methyl sites for hydroxylation is 1. The van der Waals surface area contributed by atoms with Gasteiger partial charge in [0.2, 0.25) is 0 Å². The van der Waals surface area contributed by atoms with Crippen molar-refractivity contribution in [2.45, 2.75) is 26.3 Å². The fourth-order valence-corrected chi connectivity index (χ4v) is 3.04. The molecule has 6 nitrogen and oxygen atoms in total. The Morgan fingerprint density at radius 1 is 1.07 bits per heavy atom. The lowest BCUT2D eigenvalue weighted by Crippen LogP contribution is -2.35. The molecule has 2 N–H and O–H groups in total. The molecule has 1 heterocycles. The second-order valence-corrected chi connectivity index (χ2v) is 6.52. The largest absolute Gasteiger partial charge is 0.466 e. The predicted molar refractivity (Wildman–Crippen MR) is 106 cm³/mol. The number of benzene rings is 2. The third-order valence-corrected chi connectivity index (χ3v) is 4.50. The number of amides is 1. The van der Waals surface area contributed by atoms with Crippen molar-refractivity contribution in [1.82, 2.24) is 10.3 Å².